The lowest BCUT2D eigenvalue weighted by atomic mass is 10.0. The molecule has 1 aromatic heterocycles. The molecule has 1 unspecified atom stereocenters. The molecule has 1 saturated heterocycles. The van der Waals surface area contributed by atoms with Gasteiger partial charge in [0.15, 0.2) is 0 Å². The molecule has 4 nitrogen and oxygen atoms in total. The number of amides is 1. The van der Waals surface area contributed by atoms with Crippen LogP contribution in [0, 0.1) is 24.6 Å². The number of hydrogen-bond donors (Lipinski definition) is 0. The van der Waals surface area contributed by atoms with Crippen LogP contribution in [-0.2, 0) is 11.3 Å². The molecule has 1 atom stereocenters. The number of carbonyl (C=O) groups excluding carboxylic acids is 1. The van der Waals surface area contributed by atoms with Gasteiger partial charge in [-0.2, -0.15) is 0 Å². The van der Waals surface area contributed by atoms with Gasteiger partial charge in [0, 0.05) is 31.1 Å². The topological polar surface area (TPSA) is 38.1 Å². The van der Waals surface area contributed by atoms with Crippen molar-refractivity contribution in [3.8, 4) is 22.5 Å². The van der Waals surface area contributed by atoms with Crippen molar-refractivity contribution in [1.82, 2.24) is 14.5 Å². The highest BCUT2D eigenvalue weighted by atomic mass is 19.1. The van der Waals surface area contributed by atoms with Crippen LogP contribution in [0.5, 0.6) is 0 Å². The Morgan fingerprint density at radius 3 is 2.32 bits per heavy atom. The number of imidazole rings is 1. The molecule has 0 spiro atoms. The normalized spacial score (nSPS) is 18.1. The molecule has 4 aromatic rings. The number of aromatic nitrogens is 2. The van der Waals surface area contributed by atoms with Gasteiger partial charge in [-0.05, 0) is 73.1 Å². The number of nitrogens with zero attached hydrogens (tertiary/aromatic N) is 3. The molecule has 34 heavy (non-hydrogen) atoms. The van der Waals surface area contributed by atoms with E-state index in [1.165, 1.54) is 17.7 Å². The molecule has 2 aliphatic rings. The summed E-state index contributed by atoms with van der Waals surface area (Å²) >= 11 is 0. The average molecular weight is 454 g/mol. The lowest BCUT2D eigenvalue weighted by molar-refractivity contribution is -0.131. The molecule has 0 radical (unpaired) electrons. The summed E-state index contributed by atoms with van der Waals surface area (Å²) in [5, 5.41) is 0. The predicted molar refractivity (Wildman–Crippen MR) is 133 cm³/mol. The fourth-order valence-corrected chi connectivity index (χ4v) is 5.12. The Hall–Kier alpha value is -3.47. The first-order valence-electron chi connectivity index (χ1n) is 12.2. The standard InChI is InChI=1S/C29H28FN3O/c1-19-2-13-26-27(16-19)33(18-20-14-15-32(17-20)29(34)24-7-8-24)28(31-26)23-5-3-21(4-6-23)22-9-11-25(30)12-10-22/h2-6,9-13,16,20,24H,7-8,14-15,17-18H2,1H3. The molecule has 1 aliphatic carbocycles. The first kappa shape index (κ1) is 21.1. The summed E-state index contributed by atoms with van der Waals surface area (Å²) in [6.07, 6.45) is 3.15. The average Bonchev–Trinajstić information content (AvgIpc) is 3.50. The van der Waals surface area contributed by atoms with E-state index in [2.05, 4.69) is 58.9 Å². The van der Waals surface area contributed by atoms with Crippen molar-refractivity contribution in [2.24, 2.45) is 11.8 Å². The summed E-state index contributed by atoms with van der Waals surface area (Å²) in [6, 6.07) is 21.3. The molecule has 1 amide bonds. The number of carbonyl (C=O) groups is 1. The van der Waals surface area contributed by atoms with Gasteiger partial charge in [0.2, 0.25) is 5.91 Å². The lowest BCUT2D eigenvalue weighted by Gasteiger charge is -2.18. The van der Waals surface area contributed by atoms with Crippen LogP contribution in [0.4, 0.5) is 4.39 Å². The van der Waals surface area contributed by atoms with E-state index in [1.807, 2.05) is 0 Å². The summed E-state index contributed by atoms with van der Waals surface area (Å²) < 4.78 is 15.6. The number of aryl methyl sites for hydroxylation is 1. The van der Waals surface area contributed by atoms with E-state index in [-0.39, 0.29) is 11.7 Å². The summed E-state index contributed by atoms with van der Waals surface area (Å²) in [5.41, 5.74) is 6.44. The van der Waals surface area contributed by atoms with Crippen LogP contribution in [0.25, 0.3) is 33.5 Å². The van der Waals surface area contributed by atoms with Crippen LogP contribution in [0.15, 0.2) is 66.7 Å². The van der Waals surface area contributed by atoms with E-state index in [0.29, 0.717) is 11.8 Å². The maximum atomic E-state index is 13.3. The van der Waals surface area contributed by atoms with Gasteiger partial charge in [-0.1, -0.05) is 42.5 Å². The highest BCUT2D eigenvalue weighted by Gasteiger charge is 2.36. The summed E-state index contributed by atoms with van der Waals surface area (Å²) in [6.45, 7) is 4.67. The molecule has 1 aliphatic heterocycles. The van der Waals surface area contributed by atoms with Crippen LogP contribution in [0.2, 0.25) is 0 Å². The minimum Gasteiger partial charge on any atom is -0.342 e. The molecule has 3 aromatic carbocycles. The van der Waals surface area contributed by atoms with Crippen LogP contribution >= 0.6 is 0 Å². The Labute approximate surface area is 199 Å². The Morgan fingerprint density at radius 1 is 0.941 bits per heavy atom. The molecule has 0 N–H and O–H groups in total. The second kappa shape index (κ2) is 8.39. The van der Waals surface area contributed by atoms with Crippen molar-refractivity contribution in [3.63, 3.8) is 0 Å². The van der Waals surface area contributed by atoms with Gasteiger partial charge in [-0.15, -0.1) is 0 Å². The molecule has 6 rings (SSSR count). The second-order valence-electron chi connectivity index (χ2n) is 9.84. The van der Waals surface area contributed by atoms with Crippen LogP contribution in [-0.4, -0.2) is 33.4 Å². The Morgan fingerprint density at radius 2 is 1.62 bits per heavy atom. The lowest BCUT2D eigenvalue weighted by Crippen LogP contribution is -2.30. The molecule has 1 saturated carbocycles. The number of halogens is 1. The van der Waals surface area contributed by atoms with Gasteiger partial charge in [-0.25, -0.2) is 9.37 Å². The van der Waals surface area contributed by atoms with Crippen molar-refractivity contribution in [1.29, 1.82) is 0 Å². The third-order valence-electron chi connectivity index (χ3n) is 7.19. The number of hydrogen-bond acceptors (Lipinski definition) is 2. The van der Waals surface area contributed by atoms with E-state index < -0.39 is 0 Å². The summed E-state index contributed by atoms with van der Waals surface area (Å²) in [4.78, 5) is 19.6. The number of likely N-dealkylation sites (tertiary alicyclic amines) is 1. The second-order valence-corrected chi connectivity index (χ2v) is 9.84. The smallest absolute Gasteiger partial charge is 0.225 e. The first-order valence-corrected chi connectivity index (χ1v) is 12.2. The van der Waals surface area contributed by atoms with Gasteiger partial charge in [0.05, 0.1) is 11.0 Å². The zero-order valence-electron chi connectivity index (χ0n) is 19.4. The zero-order valence-corrected chi connectivity index (χ0v) is 19.4. The van der Waals surface area contributed by atoms with Crippen LogP contribution in [0.1, 0.15) is 24.8 Å². The van der Waals surface area contributed by atoms with Crippen molar-refractivity contribution >= 4 is 16.9 Å². The quantitative estimate of drug-likeness (QED) is 0.367. The fraction of sp³-hybridized carbons (Fsp3) is 0.310. The van der Waals surface area contributed by atoms with Crippen molar-refractivity contribution in [2.45, 2.75) is 32.7 Å². The van der Waals surface area contributed by atoms with Crippen molar-refractivity contribution in [2.75, 3.05) is 13.1 Å². The molecular formula is C29H28FN3O. The van der Waals surface area contributed by atoms with Gasteiger partial charge in [-0.3, -0.25) is 4.79 Å². The number of rotatable bonds is 5. The van der Waals surface area contributed by atoms with Gasteiger partial charge in [0.25, 0.3) is 0 Å². The summed E-state index contributed by atoms with van der Waals surface area (Å²) in [7, 11) is 0. The monoisotopic (exact) mass is 453 g/mol. The minimum absolute atomic E-state index is 0.228. The number of fused-ring (bicyclic) bond motifs is 1. The molecule has 172 valence electrons. The Bertz CT molecular complexity index is 1350. The SMILES string of the molecule is Cc1ccc2nc(-c3ccc(-c4ccc(F)cc4)cc3)n(CC3CCN(C(=O)C4CC4)C3)c2c1. The third kappa shape index (κ3) is 4.00. The number of benzene rings is 3. The van der Waals surface area contributed by atoms with E-state index in [4.69, 9.17) is 4.98 Å². The highest BCUT2D eigenvalue weighted by Crippen LogP contribution is 2.34. The fourth-order valence-electron chi connectivity index (χ4n) is 5.12. The molecular weight excluding hydrogens is 425 g/mol. The van der Waals surface area contributed by atoms with Gasteiger partial charge in [0.1, 0.15) is 11.6 Å². The largest absolute Gasteiger partial charge is 0.342 e. The van der Waals surface area contributed by atoms with E-state index >= 15 is 0 Å². The molecule has 0 bridgehead atoms. The van der Waals surface area contributed by atoms with Crippen LogP contribution < -0.4 is 0 Å². The Balaban J connectivity index is 1.32. The van der Waals surface area contributed by atoms with Crippen molar-refractivity contribution < 1.29 is 9.18 Å². The maximum Gasteiger partial charge on any atom is 0.225 e. The molecule has 2 heterocycles. The van der Waals surface area contributed by atoms with Gasteiger partial charge < -0.3 is 9.47 Å². The molecule has 2 fully saturated rings. The third-order valence-corrected chi connectivity index (χ3v) is 7.19. The minimum atomic E-state index is -0.228. The zero-order chi connectivity index (χ0) is 23.2. The van der Waals surface area contributed by atoms with Crippen LogP contribution in [0.3, 0.4) is 0 Å². The summed E-state index contributed by atoms with van der Waals surface area (Å²) in [5.74, 6) is 1.79. The maximum absolute atomic E-state index is 13.3. The van der Waals surface area contributed by atoms with Gasteiger partial charge >= 0.3 is 0 Å². The molecule has 5 heteroatoms. The highest BCUT2D eigenvalue weighted by molar-refractivity contribution is 5.82. The predicted octanol–water partition coefficient (Wildman–Crippen LogP) is 6.08. The van der Waals surface area contributed by atoms with Crippen molar-refractivity contribution in [3.05, 3.63) is 78.1 Å². The van der Waals surface area contributed by atoms with E-state index in [0.717, 1.165) is 72.4 Å². The van der Waals surface area contributed by atoms with E-state index in [9.17, 15) is 9.18 Å². The Kier molecular flexibility index (Phi) is 5.20. The first-order chi connectivity index (χ1) is 16.5. The van der Waals surface area contributed by atoms with E-state index in [1.54, 1.807) is 12.1 Å².